The van der Waals surface area contributed by atoms with Crippen molar-refractivity contribution in [3.63, 3.8) is 0 Å². The Morgan fingerprint density at radius 3 is 3.00 bits per heavy atom. The molecule has 18 heavy (non-hydrogen) atoms. The van der Waals surface area contributed by atoms with E-state index in [0.717, 1.165) is 22.8 Å². The number of nitrogens with zero attached hydrogens (tertiary/aromatic N) is 2. The molecule has 0 bridgehead atoms. The number of thiazole rings is 1. The zero-order valence-electron chi connectivity index (χ0n) is 10.5. The summed E-state index contributed by atoms with van der Waals surface area (Å²) >= 11 is 1.71. The number of rotatable bonds is 2. The molecule has 1 aliphatic rings. The van der Waals surface area contributed by atoms with Gasteiger partial charge in [-0.05, 0) is 38.4 Å². The average molecular weight is 259 g/mol. The van der Waals surface area contributed by atoms with Crippen LogP contribution < -0.4 is 5.32 Å². The summed E-state index contributed by atoms with van der Waals surface area (Å²) in [5.74, 6) is 0. The largest absolute Gasteiger partial charge is 0.309 e. The summed E-state index contributed by atoms with van der Waals surface area (Å²) in [6.45, 7) is 3.12. The lowest BCUT2D eigenvalue weighted by atomic mass is 10.0. The lowest BCUT2D eigenvalue weighted by Gasteiger charge is -2.21. The number of hydrogen-bond donors (Lipinski definition) is 1. The Morgan fingerprint density at radius 2 is 2.28 bits per heavy atom. The summed E-state index contributed by atoms with van der Waals surface area (Å²) in [7, 11) is 0. The van der Waals surface area contributed by atoms with Crippen LogP contribution in [0.5, 0.6) is 0 Å². The summed E-state index contributed by atoms with van der Waals surface area (Å²) < 4.78 is 0. The zero-order valence-corrected chi connectivity index (χ0v) is 11.3. The molecule has 4 heteroatoms. The second kappa shape index (κ2) is 5.16. The van der Waals surface area contributed by atoms with Crippen molar-refractivity contribution in [1.29, 1.82) is 0 Å². The van der Waals surface area contributed by atoms with E-state index in [2.05, 4.69) is 21.7 Å². The van der Waals surface area contributed by atoms with Gasteiger partial charge in [-0.15, -0.1) is 11.3 Å². The van der Waals surface area contributed by atoms with Crippen molar-refractivity contribution in [2.45, 2.75) is 32.2 Å². The first-order chi connectivity index (χ1) is 8.83. The third-order valence-electron chi connectivity index (χ3n) is 3.35. The van der Waals surface area contributed by atoms with Crippen molar-refractivity contribution in [2.24, 2.45) is 0 Å². The smallest absolute Gasteiger partial charge is 0.125 e. The van der Waals surface area contributed by atoms with Crippen molar-refractivity contribution in [2.75, 3.05) is 6.54 Å². The second-order valence-corrected chi connectivity index (χ2v) is 5.63. The molecule has 0 aromatic carbocycles. The first-order valence-electron chi connectivity index (χ1n) is 6.45. The van der Waals surface area contributed by atoms with E-state index in [4.69, 9.17) is 4.98 Å². The standard InChI is InChI=1S/C14H17N3S/c1-10-5-6-11(8-16-10)14-17-13(9-18-14)12-4-2-3-7-15-12/h5-6,8-9,12,15H,2-4,7H2,1H3/t12-/m1/s1. The normalized spacial score (nSPS) is 19.9. The Hall–Kier alpha value is -1.26. The topological polar surface area (TPSA) is 37.8 Å². The van der Waals surface area contributed by atoms with Crippen LogP contribution in [0.1, 0.15) is 36.7 Å². The number of pyridine rings is 1. The molecule has 1 atom stereocenters. The van der Waals surface area contributed by atoms with Gasteiger partial charge in [-0.1, -0.05) is 6.42 Å². The molecule has 0 amide bonds. The number of piperidine rings is 1. The van der Waals surface area contributed by atoms with E-state index in [1.165, 1.54) is 25.0 Å². The van der Waals surface area contributed by atoms with Gasteiger partial charge < -0.3 is 5.32 Å². The van der Waals surface area contributed by atoms with Gasteiger partial charge in [-0.25, -0.2) is 4.98 Å². The van der Waals surface area contributed by atoms with Gasteiger partial charge in [-0.2, -0.15) is 0 Å². The summed E-state index contributed by atoms with van der Waals surface area (Å²) in [6, 6.07) is 4.58. The molecule has 0 unspecified atom stereocenters. The Bertz CT molecular complexity index is 512. The van der Waals surface area contributed by atoms with Crippen molar-refractivity contribution < 1.29 is 0 Å². The molecule has 1 N–H and O–H groups in total. The number of hydrogen-bond acceptors (Lipinski definition) is 4. The van der Waals surface area contributed by atoms with Crippen LogP contribution in [0.25, 0.3) is 10.6 Å². The van der Waals surface area contributed by atoms with Crippen molar-refractivity contribution in [1.82, 2.24) is 15.3 Å². The average Bonchev–Trinajstić information content (AvgIpc) is 2.90. The Morgan fingerprint density at radius 1 is 1.33 bits per heavy atom. The van der Waals surface area contributed by atoms with Crippen molar-refractivity contribution >= 4 is 11.3 Å². The van der Waals surface area contributed by atoms with Crippen LogP contribution in [0, 0.1) is 6.92 Å². The molecule has 1 aliphatic heterocycles. The number of nitrogens with one attached hydrogen (secondary N) is 1. The summed E-state index contributed by atoms with van der Waals surface area (Å²) in [5.41, 5.74) is 3.35. The molecule has 3 nitrogen and oxygen atoms in total. The molecule has 0 aliphatic carbocycles. The van der Waals surface area contributed by atoms with Gasteiger partial charge in [0.05, 0.1) is 11.7 Å². The fourth-order valence-electron chi connectivity index (χ4n) is 2.28. The predicted molar refractivity (Wildman–Crippen MR) is 74.7 cm³/mol. The molecular weight excluding hydrogens is 242 g/mol. The Labute approximate surface area is 111 Å². The molecule has 2 aromatic heterocycles. The fourth-order valence-corrected chi connectivity index (χ4v) is 3.14. The van der Waals surface area contributed by atoms with Crippen LogP contribution in [0.3, 0.4) is 0 Å². The maximum Gasteiger partial charge on any atom is 0.125 e. The van der Waals surface area contributed by atoms with Gasteiger partial charge in [0.2, 0.25) is 0 Å². The highest BCUT2D eigenvalue weighted by Gasteiger charge is 2.17. The van der Waals surface area contributed by atoms with Crippen LogP contribution in [-0.2, 0) is 0 Å². The molecule has 3 heterocycles. The van der Waals surface area contributed by atoms with Crippen LogP contribution in [0.15, 0.2) is 23.7 Å². The van der Waals surface area contributed by atoms with E-state index in [9.17, 15) is 0 Å². The predicted octanol–water partition coefficient (Wildman–Crippen LogP) is 3.33. The Balaban J connectivity index is 1.82. The lowest BCUT2D eigenvalue weighted by Crippen LogP contribution is -2.26. The van der Waals surface area contributed by atoms with Crippen LogP contribution in [0.4, 0.5) is 0 Å². The second-order valence-electron chi connectivity index (χ2n) is 4.77. The zero-order chi connectivity index (χ0) is 12.4. The highest BCUT2D eigenvalue weighted by Crippen LogP contribution is 2.29. The van der Waals surface area contributed by atoms with E-state index in [-0.39, 0.29) is 0 Å². The third-order valence-corrected chi connectivity index (χ3v) is 4.26. The van der Waals surface area contributed by atoms with E-state index in [0.29, 0.717) is 6.04 Å². The Kier molecular flexibility index (Phi) is 3.39. The summed E-state index contributed by atoms with van der Waals surface area (Å²) in [5, 5.41) is 6.79. The van der Waals surface area contributed by atoms with Gasteiger partial charge >= 0.3 is 0 Å². The highest BCUT2D eigenvalue weighted by atomic mass is 32.1. The molecular formula is C14H17N3S. The fraction of sp³-hybridized carbons (Fsp3) is 0.429. The molecule has 0 saturated carbocycles. The minimum absolute atomic E-state index is 0.446. The monoisotopic (exact) mass is 259 g/mol. The minimum atomic E-state index is 0.446. The molecule has 0 spiro atoms. The molecule has 1 fully saturated rings. The van der Waals surface area contributed by atoms with E-state index >= 15 is 0 Å². The first kappa shape index (κ1) is 11.8. The molecule has 1 saturated heterocycles. The van der Waals surface area contributed by atoms with Gasteiger partial charge in [-0.3, -0.25) is 4.98 Å². The first-order valence-corrected chi connectivity index (χ1v) is 7.33. The third kappa shape index (κ3) is 2.44. The van der Waals surface area contributed by atoms with Crippen LogP contribution >= 0.6 is 11.3 Å². The maximum atomic E-state index is 4.75. The molecule has 94 valence electrons. The number of aryl methyl sites for hydroxylation is 1. The minimum Gasteiger partial charge on any atom is -0.309 e. The van der Waals surface area contributed by atoms with E-state index < -0.39 is 0 Å². The van der Waals surface area contributed by atoms with E-state index in [1.54, 1.807) is 11.3 Å². The molecule has 0 radical (unpaired) electrons. The lowest BCUT2D eigenvalue weighted by molar-refractivity contribution is 0.407. The quantitative estimate of drug-likeness (QED) is 0.899. The van der Waals surface area contributed by atoms with E-state index in [1.807, 2.05) is 19.2 Å². The summed E-state index contributed by atoms with van der Waals surface area (Å²) in [6.07, 6.45) is 5.70. The maximum absolute atomic E-state index is 4.75. The highest BCUT2D eigenvalue weighted by molar-refractivity contribution is 7.13. The van der Waals surface area contributed by atoms with Crippen molar-refractivity contribution in [3.05, 3.63) is 35.1 Å². The van der Waals surface area contributed by atoms with Crippen LogP contribution in [0.2, 0.25) is 0 Å². The number of aromatic nitrogens is 2. The molecule has 3 rings (SSSR count). The molecule has 2 aromatic rings. The summed E-state index contributed by atoms with van der Waals surface area (Å²) in [4.78, 5) is 9.08. The van der Waals surface area contributed by atoms with Crippen molar-refractivity contribution in [3.8, 4) is 10.6 Å². The van der Waals surface area contributed by atoms with Gasteiger partial charge in [0.15, 0.2) is 0 Å². The van der Waals surface area contributed by atoms with Gasteiger partial charge in [0.25, 0.3) is 0 Å². The van der Waals surface area contributed by atoms with Gasteiger partial charge in [0.1, 0.15) is 5.01 Å². The van der Waals surface area contributed by atoms with Gasteiger partial charge in [0, 0.05) is 22.8 Å². The van der Waals surface area contributed by atoms with Crippen LogP contribution in [-0.4, -0.2) is 16.5 Å². The SMILES string of the molecule is Cc1ccc(-c2nc([C@H]3CCCCN3)cs2)cn1.